The third kappa shape index (κ3) is 5.03. The van der Waals surface area contributed by atoms with Crippen LogP contribution < -0.4 is 19.9 Å². The van der Waals surface area contributed by atoms with Crippen LogP contribution in [0.15, 0.2) is 18.5 Å². The highest BCUT2D eigenvalue weighted by Crippen LogP contribution is 2.44. The third-order valence-corrected chi connectivity index (χ3v) is 9.41. The Morgan fingerprint density at radius 1 is 1.08 bits per heavy atom. The molecule has 4 aliphatic heterocycles. The number of aryl methyl sites for hydroxylation is 1. The predicted octanol–water partition coefficient (Wildman–Crippen LogP) is 1.91. The SMILES string of the molecule is CC#CC(=O)N1CC(N2CCN(c3cc(C)c4c(c3)Nc3ncnc(N5CCS(=O)CC5)c3C(C)O4)CC2)C1. The average Bonchev–Trinajstić information content (AvgIpc) is 3.05. The Kier molecular flexibility index (Phi) is 7.08. The number of amides is 1. The number of fused-ring (bicyclic) bond motifs is 2. The van der Waals surface area contributed by atoms with E-state index in [1.54, 1.807) is 13.3 Å². The minimum absolute atomic E-state index is 0.0665. The zero-order valence-electron chi connectivity index (χ0n) is 22.8. The predicted molar refractivity (Wildman–Crippen MR) is 153 cm³/mol. The molecule has 1 unspecified atom stereocenters. The highest BCUT2D eigenvalue weighted by Gasteiger charge is 2.36. The minimum atomic E-state index is -0.756. The molecular formula is C28H35N7O3S. The molecule has 10 nitrogen and oxygen atoms in total. The van der Waals surface area contributed by atoms with E-state index in [1.165, 1.54) is 0 Å². The van der Waals surface area contributed by atoms with Crippen LogP contribution >= 0.6 is 0 Å². The maximum atomic E-state index is 12.0. The zero-order valence-corrected chi connectivity index (χ0v) is 23.6. The van der Waals surface area contributed by atoms with Crippen LogP contribution in [0.1, 0.15) is 31.1 Å². The number of nitrogens with one attached hydrogen (secondary N) is 1. The van der Waals surface area contributed by atoms with Crippen LogP contribution in [0.25, 0.3) is 0 Å². The summed E-state index contributed by atoms with van der Waals surface area (Å²) in [5, 5.41) is 3.56. The van der Waals surface area contributed by atoms with Gasteiger partial charge in [0.05, 0.1) is 11.3 Å². The second kappa shape index (κ2) is 10.7. The standard InChI is InChI=1S/C28H35N7O3S/c1-4-5-24(36)35-16-22(17-35)33-8-6-32(7-9-33)21-14-19(2)26-23(15-21)31-27-25(20(3)38-26)28(30-18-29-27)34-10-12-39(37)13-11-34/h14-15,18,20,22H,6-13,16-17H2,1-3H3,(H,29,30,31). The number of piperazine rings is 1. The summed E-state index contributed by atoms with van der Waals surface area (Å²) in [6.07, 6.45) is 1.37. The topological polar surface area (TPSA) is 94.1 Å². The van der Waals surface area contributed by atoms with Gasteiger partial charge in [-0.05, 0) is 44.4 Å². The van der Waals surface area contributed by atoms with E-state index >= 15 is 0 Å². The number of carbonyl (C=O) groups excluding carboxylic acids is 1. The molecule has 3 fully saturated rings. The van der Waals surface area contributed by atoms with Crippen LogP contribution in [0.5, 0.6) is 5.75 Å². The van der Waals surface area contributed by atoms with E-state index in [2.05, 4.69) is 60.9 Å². The largest absolute Gasteiger partial charge is 0.483 e. The summed E-state index contributed by atoms with van der Waals surface area (Å²) >= 11 is 0. The highest BCUT2D eigenvalue weighted by molar-refractivity contribution is 7.85. The van der Waals surface area contributed by atoms with E-state index in [0.717, 1.165) is 79.2 Å². The lowest BCUT2D eigenvalue weighted by Gasteiger charge is -2.48. The fraction of sp³-hybridized carbons (Fsp3) is 0.536. The van der Waals surface area contributed by atoms with Gasteiger partial charge >= 0.3 is 0 Å². The van der Waals surface area contributed by atoms with E-state index < -0.39 is 10.8 Å². The first-order valence-corrected chi connectivity index (χ1v) is 15.1. The molecule has 0 bridgehead atoms. The average molecular weight is 550 g/mol. The lowest BCUT2D eigenvalue weighted by Crippen LogP contribution is -2.64. The summed E-state index contributed by atoms with van der Waals surface area (Å²) in [6.45, 7) is 12.6. The first-order chi connectivity index (χ1) is 18.9. The lowest BCUT2D eigenvalue weighted by atomic mass is 10.1. The van der Waals surface area contributed by atoms with Crippen molar-refractivity contribution in [3.8, 4) is 17.6 Å². The van der Waals surface area contributed by atoms with Crippen molar-refractivity contribution in [2.45, 2.75) is 32.9 Å². The molecule has 11 heteroatoms. The molecular weight excluding hydrogens is 514 g/mol. The van der Waals surface area contributed by atoms with Crippen molar-refractivity contribution in [3.05, 3.63) is 29.6 Å². The van der Waals surface area contributed by atoms with E-state index in [-0.39, 0.29) is 12.0 Å². The number of carbonyl (C=O) groups is 1. The van der Waals surface area contributed by atoms with Crippen molar-refractivity contribution in [1.82, 2.24) is 19.8 Å². The van der Waals surface area contributed by atoms with Crippen molar-refractivity contribution in [2.24, 2.45) is 0 Å². The molecule has 2 aromatic rings. The molecule has 5 heterocycles. The Labute approximate surface area is 232 Å². The number of ether oxygens (including phenoxy) is 1. The molecule has 1 aromatic carbocycles. The Balaban J connectivity index is 1.17. The molecule has 1 amide bonds. The van der Waals surface area contributed by atoms with Crippen LogP contribution in [-0.4, -0.2) is 99.8 Å². The van der Waals surface area contributed by atoms with Gasteiger partial charge < -0.3 is 24.8 Å². The molecule has 1 atom stereocenters. The summed E-state index contributed by atoms with van der Waals surface area (Å²) in [5.41, 5.74) is 4.08. The Morgan fingerprint density at radius 3 is 2.54 bits per heavy atom. The van der Waals surface area contributed by atoms with Gasteiger partial charge in [0.2, 0.25) is 0 Å². The summed E-state index contributed by atoms with van der Waals surface area (Å²) in [6, 6.07) is 4.79. The fourth-order valence-corrected chi connectivity index (χ4v) is 6.95. The number of hydrogen-bond acceptors (Lipinski definition) is 9. The number of aromatic nitrogens is 2. The van der Waals surface area contributed by atoms with E-state index in [1.807, 2.05) is 11.8 Å². The van der Waals surface area contributed by atoms with E-state index in [0.29, 0.717) is 30.6 Å². The van der Waals surface area contributed by atoms with Crippen molar-refractivity contribution in [1.29, 1.82) is 0 Å². The smallest absolute Gasteiger partial charge is 0.298 e. The highest BCUT2D eigenvalue weighted by atomic mass is 32.2. The van der Waals surface area contributed by atoms with Crippen molar-refractivity contribution in [3.63, 3.8) is 0 Å². The van der Waals surface area contributed by atoms with Crippen LogP contribution in [0.2, 0.25) is 0 Å². The van der Waals surface area contributed by atoms with Crippen molar-refractivity contribution in [2.75, 3.05) is 79.0 Å². The molecule has 0 saturated carbocycles. The van der Waals surface area contributed by atoms with Crippen LogP contribution in [-0.2, 0) is 15.6 Å². The normalized spacial score (nSPS) is 21.9. The molecule has 206 valence electrons. The van der Waals surface area contributed by atoms with Gasteiger partial charge in [-0.2, -0.15) is 0 Å². The van der Waals surface area contributed by atoms with Gasteiger partial charge in [-0.25, -0.2) is 9.97 Å². The molecule has 6 rings (SSSR count). The molecule has 1 N–H and O–H groups in total. The third-order valence-electron chi connectivity index (χ3n) is 8.13. The van der Waals surface area contributed by atoms with Crippen LogP contribution in [0.4, 0.5) is 23.0 Å². The number of anilines is 4. The number of rotatable bonds is 3. The maximum absolute atomic E-state index is 12.0. The number of hydrogen-bond donors (Lipinski definition) is 1. The molecule has 1 aromatic heterocycles. The second-order valence-corrected chi connectivity index (χ2v) is 12.3. The second-order valence-electron chi connectivity index (χ2n) is 10.6. The zero-order chi connectivity index (χ0) is 27.1. The summed E-state index contributed by atoms with van der Waals surface area (Å²) in [4.78, 5) is 30.1. The minimum Gasteiger partial charge on any atom is -0.483 e. The van der Waals surface area contributed by atoms with Gasteiger partial charge in [-0.1, -0.05) is 5.92 Å². The van der Waals surface area contributed by atoms with Crippen molar-refractivity contribution < 1.29 is 13.7 Å². The Morgan fingerprint density at radius 2 is 1.82 bits per heavy atom. The summed E-state index contributed by atoms with van der Waals surface area (Å²) in [5.74, 6) is 9.03. The molecule has 0 radical (unpaired) electrons. The van der Waals surface area contributed by atoms with Crippen molar-refractivity contribution >= 4 is 39.7 Å². The van der Waals surface area contributed by atoms with Gasteiger partial charge in [-0.3, -0.25) is 13.9 Å². The molecule has 0 aliphatic carbocycles. The number of nitrogens with zero attached hydrogens (tertiary/aromatic N) is 6. The Bertz CT molecular complexity index is 1350. The van der Waals surface area contributed by atoms with Crippen LogP contribution in [0.3, 0.4) is 0 Å². The summed E-state index contributed by atoms with van der Waals surface area (Å²) < 4.78 is 18.4. The monoisotopic (exact) mass is 549 g/mol. The van der Waals surface area contributed by atoms with E-state index in [4.69, 9.17) is 4.74 Å². The maximum Gasteiger partial charge on any atom is 0.298 e. The quantitative estimate of drug-likeness (QED) is 0.576. The Hall–Kier alpha value is -3.36. The fourth-order valence-electron chi connectivity index (χ4n) is 5.90. The molecule has 0 spiro atoms. The number of likely N-dealkylation sites (tertiary alicyclic amines) is 1. The molecule has 3 saturated heterocycles. The molecule has 4 aliphatic rings. The van der Waals surface area contributed by atoms with Gasteiger partial charge in [0, 0.05) is 86.4 Å². The first kappa shape index (κ1) is 25.9. The van der Waals surface area contributed by atoms with Gasteiger partial charge in [0.25, 0.3) is 5.91 Å². The van der Waals surface area contributed by atoms with Gasteiger partial charge in [0.1, 0.15) is 29.8 Å². The number of benzene rings is 1. The summed E-state index contributed by atoms with van der Waals surface area (Å²) in [7, 11) is -0.756. The first-order valence-electron chi connectivity index (χ1n) is 13.6. The van der Waals surface area contributed by atoms with E-state index in [9.17, 15) is 9.00 Å². The van der Waals surface area contributed by atoms with Gasteiger partial charge in [0.15, 0.2) is 0 Å². The molecule has 39 heavy (non-hydrogen) atoms. The van der Waals surface area contributed by atoms with Crippen LogP contribution in [0, 0.1) is 18.8 Å². The van der Waals surface area contributed by atoms with Gasteiger partial charge in [-0.15, -0.1) is 0 Å². The lowest BCUT2D eigenvalue weighted by molar-refractivity contribution is -0.132.